The maximum atomic E-state index is 12.4. The lowest BCUT2D eigenvalue weighted by atomic mass is 10.1. The van der Waals surface area contributed by atoms with Gasteiger partial charge in [0.15, 0.2) is 0 Å². The fourth-order valence-corrected chi connectivity index (χ4v) is 4.04. The van der Waals surface area contributed by atoms with Crippen LogP contribution in [0.5, 0.6) is 0 Å². The molecule has 3 rings (SSSR count). The Hall–Kier alpha value is -1.69. The van der Waals surface area contributed by atoms with E-state index < -0.39 is 0 Å². The summed E-state index contributed by atoms with van der Waals surface area (Å²) in [5.41, 5.74) is 3.58. The maximum absolute atomic E-state index is 12.4. The van der Waals surface area contributed by atoms with Crippen LogP contribution in [0.25, 0.3) is 0 Å². The van der Waals surface area contributed by atoms with E-state index >= 15 is 0 Å². The van der Waals surface area contributed by atoms with Crippen molar-refractivity contribution in [2.45, 2.75) is 19.4 Å². The monoisotopic (exact) mass is 357 g/mol. The summed E-state index contributed by atoms with van der Waals surface area (Å²) < 4.78 is 0. The molecule has 1 unspecified atom stereocenters. The lowest BCUT2D eigenvalue weighted by Gasteiger charge is -2.38. The fourth-order valence-electron chi connectivity index (χ4n) is 3.34. The molecule has 134 valence electrons. The van der Waals surface area contributed by atoms with Gasteiger partial charge >= 0.3 is 0 Å². The third kappa shape index (κ3) is 5.14. The third-order valence-electron chi connectivity index (χ3n) is 4.85. The summed E-state index contributed by atoms with van der Waals surface area (Å²) in [5, 5.41) is 7.48. The summed E-state index contributed by atoms with van der Waals surface area (Å²) in [6.07, 6.45) is 0.445. The molecule has 1 aromatic heterocycles. The third-order valence-corrected chi connectivity index (χ3v) is 5.55. The number of benzene rings is 1. The number of hydrogen-bond acceptors (Lipinski definition) is 4. The van der Waals surface area contributed by atoms with Gasteiger partial charge in [0.05, 0.1) is 12.5 Å². The van der Waals surface area contributed by atoms with Crippen molar-refractivity contribution in [3.05, 3.63) is 57.8 Å². The van der Waals surface area contributed by atoms with Crippen LogP contribution in [0.15, 0.2) is 41.1 Å². The second-order valence-electron chi connectivity index (χ2n) is 6.88. The van der Waals surface area contributed by atoms with Gasteiger partial charge in [0.1, 0.15) is 0 Å². The molecule has 4 nitrogen and oxygen atoms in total. The SMILES string of the molecule is Cc1cccc(CC(=O)NCC(c2ccsc2)N2CCN(C)CC2)c1. The number of hydrogen-bond donors (Lipinski definition) is 1. The van der Waals surface area contributed by atoms with E-state index in [0.29, 0.717) is 13.0 Å². The minimum absolute atomic E-state index is 0.0972. The largest absolute Gasteiger partial charge is 0.354 e. The van der Waals surface area contributed by atoms with E-state index in [4.69, 9.17) is 0 Å². The van der Waals surface area contributed by atoms with Gasteiger partial charge in [0.25, 0.3) is 0 Å². The van der Waals surface area contributed by atoms with Gasteiger partial charge < -0.3 is 10.2 Å². The highest BCUT2D eigenvalue weighted by molar-refractivity contribution is 7.07. The van der Waals surface area contributed by atoms with Crippen LogP contribution in [-0.4, -0.2) is 55.5 Å². The molecule has 1 fully saturated rings. The van der Waals surface area contributed by atoms with Gasteiger partial charge in [-0.15, -0.1) is 0 Å². The van der Waals surface area contributed by atoms with E-state index in [0.717, 1.165) is 31.7 Å². The van der Waals surface area contributed by atoms with Gasteiger partial charge in [-0.1, -0.05) is 29.8 Å². The van der Waals surface area contributed by atoms with Crippen molar-refractivity contribution in [2.24, 2.45) is 0 Å². The van der Waals surface area contributed by atoms with Gasteiger partial charge in [-0.2, -0.15) is 11.3 Å². The van der Waals surface area contributed by atoms with Crippen LogP contribution >= 0.6 is 11.3 Å². The Balaban J connectivity index is 1.59. The molecule has 1 aromatic carbocycles. The molecule has 0 bridgehead atoms. The highest BCUT2D eigenvalue weighted by Crippen LogP contribution is 2.23. The molecule has 5 heteroatoms. The molecule has 1 amide bonds. The molecule has 0 aliphatic carbocycles. The molecule has 1 atom stereocenters. The van der Waals surface area contributed by atoms with Crippen LogP contribution in [-0.2, 0) is 11.2 Å². The first-order valence-electron chi connectivity index (χ1n) is 8.89. The minimum Gasteiger partial charge on any atom is -0.354 e. The Morgan fingerprint density at radius 1 is 1.24 bits per heavy atom. The molecule has 0 saturated carbocycles. The van der Waals surface area contributed by atoms with Crippen molar-refractivity contribution in [1.29, 1.82) is 0 Å². The van der Waals surface area contributed by atoms with Crippen molar-refractivity contribution in [1.82, 2.24) is 15.1 Å². The molecule has 0 spiro atoms. The average molecular weight is 358 g/mol. The number of carbonyl (C=O) groups is 1. The molecule has 1 aliphatic heterocycles. The number of piperazine rings is 1. The number of nitrogens with one attached hydrogen (secondary N) is 1. The number of aryl methyl sites for hydroxylation is 1. The lowest BCUT2D eigenvalue weighted by molar-refractivity contribution is -0.120. The minimum atomic E-state index is 0.0972. The first kappa shape index (κ1) is 18.1. The molecule has 2 aromatic rings. The lowest BCUT2D eigenvalue weighted by Crippen LogP contribution is -2.48. The quantitative estimate of drug-likeness (QED) is 0.863. The predicted octanol–water partition coefficient (Wildman–Crippen LogP) is 2.70. The van der Waals surface area contributed by atoms with Crippen molar-refractivity contribution >= 4 is 17.2 Å². The molecule has 2 heterocycles. The van der Waals surface area contributed by atoms with Gasteiger partial charge in [-0.05, 0) is 41.9 Å². The zero-order valence-electron chi connectivity index (χ0n) is 15.1. The van der Waals surface area contributed by atoms with E-state index in [-0.39, 0.29) is 11.9 Å². The highest BCUT2D eigenvalue weighted by atomic mass is 32.1. The van der Waals surface area contributed by atoms with Crippen LogP contribution in [0.3, 0.4) is 0 Å². The molecule has 1 N–H and O–H groups in total. The molecule has 25 heavy (non-hydrogen) atoms. The van der Waals surface area contributed by atoms with Crippen molar-refractivity contribution < 1.29 is 4.79 Å². The van der Waals surface area contributed by atoms with Gasteiger partial charge in [-0.3, -0.25) is 9.69 Å². The van der Waals surface area contributed by atoms with Crippen molar-refractivity contribution in [3.63, 3.8) is 0 Å². The Bertz CT molecular complexity index is 678. The summed E-state index contributed by atoms with van der Waals surface area (Å²) in [4.78, 5) is 17.3. The van der Waals surface area contributed by atoms with Gasteiger partial charge in [0.2, 0.25) is 5.91 Å². The highest BCUT2D eigenvalue weighted by Gasteiger charge is 2.24. The number of amides is 1. The molecule has 1 saturated heterocycles. The van der Waals surface area contributed by atoms with E-state index in [2.05, 4.69) is 58.0 Å². The van der Waals surface area contributed by atoms with E-state index in [9.17, 15) is 4.79 Å². The fraction of sp³-hybridized carbons (Fsp3) is 0.450. The van der Waals surface area contributed by atoms with Crippen LogP contribution in [0.4, 0.5) is 0 Å². The Labute approximate surface area is 154 Å². The molecular formula is C20H27N3OS. The van der Waals surface area contributed by atoms with E-state index in [1.54, 1.807) is 11.3 Å². The Morgan fingerprint density at radius 2 is 2.04 bits per heavy atom. The molecule has 1 aliphatic rings. The van der Waals surface area contributed by atoms with E-state index in [1.165, 1.54) is 11.1 Å². The Morgan fingerprint density at radius 3 is 2.72 bits per heavy atom. The normalized spacial score (nSPS) is 17.4. The molecule has 0 radical (unpaired) electrons. The van der Waals surface area contributed by atoms with E-state index in [1.807, 2.05) is 12.1 Å². The van der Waals surface area contributed by atoms with Crippen LogP contribution in [0, 0.1) is 6.92 Å². The number of rotatable bonds is 6. The van der Waals surface area contributed by atoms with Crippen LogP contribution in [0.1, 0.15) is 22.7 Å². The second-order valence-corrected chi connectivity index (χ2v) is 7.66. The summed E-state index contributed by atoms with van der Waals surface area (Å²) in [6.45, 7) is 6.98. The number of carbonyl (C=O) groups excluding carboxylic acids is 1. The summed E-state index contributed by atoms with van der Waals surface area (Å²) in [6, 6.07) is 10.6. The Kier molecular flexibility index (Phi) is 6.24. The summed E-state index contributed by atoms with van der Waals surface area (Å²) in [7, 11) is 2.17. The van der Waals surface area contributed by atoms with Crippen molar-refractivity contribution in [2.75, 3.05) is 39.8 Å². The number of nitrogens with zero attached hydrogens (tertiary/aromatic N) is 2. The summed E-state index contributed by atoms with van der Waals surface area (Å²) >= 11 is 1.72. The average Bonchev–Trinajstić information content (AvgIpc) is 3.11. The number of thiophene rings is 1. The zero-order chi connectivity index (χ0) is 17.6. The topological polar surface area (TPSA) is 35.6 Å². The second kappa shape index (κ2) is 8.61. The maximum Gasteiger partial charge on any atom is 0.224 e. The standard InChI is InChI=1S/C20H27N3OS/c1-16-4-3-5-17(12-16)13-20(24)21-14-19(18-6-11-25-15-18)23-9-7-22(2)8-10-23/h3-6,11-12,15,19H,7-10,13-14H2,1-2H3,(H,21,24). The zero-order valence-corrected chi connectivity index (χ0v) is 15.9. The van der Waals surface area contributed by atoms with Gasteiger partial charge in [-0.25, -0.2) is 0 Å². The van der Waals surface area contributed by atoms with Crippen molar-refractivity contribution in [3.8, 4) is 0 Å². The van der Waals surface area contributed by atoms with Gasteiger partial charge in [0, 0.05) is 32.7 Å². The van der Waals surface area contributed by atoms with Crippen LogP contribution < -0.4 is 5.32 Å². The summed E-state index contributed by atoms with van der Waals surface area (Å²) in [5.74, 6) is 0.0972. The first-order valence-corrected chi connectivity index (χ1v) is 9.83. The molecular weight excluding hydrogens is 330 g/mol. The first-order chi connectivity index (χ1) is 12.1. The predicted molar refractivity (Wildman–Crippen MR) is 104 cm³/mol. The smallest absolute Gasteiger partial charge is 0.224 e. The van der Waals surface area contributed by atoms with Crippen LogP contribution in [0.2, 0.25) is 0 Å². The number of likely N-dealkylation sites (N-methyl/N-ethyl adjacent to an activating group) is 1.